The van der Waals surface area contributed by atoms with Crippen molar-refractivity contribution in [2.75, 3.05) is 20.1 Å². The number of hydrogen-bond donors (Lipinski definition) is 0. The number of quaternary nitrogens is 1. The minimum Gasteiger partial charge on any atom is -0.323 e. The van der Waals surface area contributed by atoms with Crippen LogP contribution in [0.1, 0.15) is 109 Å². The van der Waals surface area contributed by atoms with Crippen LogP contribution in [0.25, 0.3) is 0 Å². The summed E-state index contributed by atoms with van der Waals surface area (Å²) in [4.78, 5) is 0. The average molecular weight is 492 g/mol. The molecule has 1 unspecified atom stereocenters. The van der Waals surface area contributed by atoms with E-state index in [1.165, 1.54) is 120 Å². The van der Waals surface area contributed by atoms with Gasteiger partial charge < -0.3 is 4.48 Å². The van der Waals surface area contributed by atoms with E-state index in [-0.39, 0.29) is 29.4 Å². The Labute approximate surface area is 199 Å². The Kier molecular flexibility index (Phi) is 22.8. The third-order valence-corrected chi connectivity index (χ3v) is 6.22. The molecule has 0 fully saturated rings. The Morgan fingerprint density at radius 3 is 1.45 bits per heavy atom. The highest BCUT2D eigenvalue weighted by Crippen LogP contribution is 2.16. The van der Waals surface area contributed by atoms with Gasteiger partial charge in [-0.25, -0.2) is 0 Å². The van der Waals surface area contributed by atoms with E-state index in [0.717, 1.165) is 0 Å². The zero-order valence-corrected chi connectivity index (χ0v) is 22.2. The van der Waals surface area contributed by atoms with Crippen molar-refractivity contribution in [3.05, 3.63) is 35.9 Å². The molecule has 1 nitrogen and oxygen atoms in total. The van der Waals surface area contributed by atoms with E-state index in [1.54, 1.807) is 0 Å². The maximum Gasteiger partial charge on any atom is 0.104 e. The van der Waals surface area contributed by atoms with Crippen LogP contribution in [0.2, 0.25) is 0 Å². The average Bonchev–Trinajstić information content (AvgIpc) is 2.69. The number of hydrogen-bond acceptors (Lipinski definition) is 0. The molecule has 0 aliphatic heterocycles. The molecule has 1 aromatic rings. The topological polar surface area (TPSA) is 0 Å². The molecule has 3 heteroatoms. The largest absolute Gasteiger partial charge is 0.323 e. The second kappa shape index (κ2) is 21.2. The Hall–Kier alpha value is -0.0500. The van der Waals surface area contributed by atoms with E-state index in [9.17, 15) is 0 Å². The molecule has 0 aliphatic rings. The van der Waals surface area contributed by atoms with Crippen molar-refractivity contribution in [3.8, 4) is 0 Å². The lowest BCUT2D eigenvalue weighted by atomic mass is 10.0. The van der Waals surface area contributed by atoms with Gasteiger partial charge in [0.15, 0.2) is 0 Å². The van der Waals surface area contributed by atoms with E-state index < -0.39 is 0 Å². The molecule has 0 spiro atoms. The minimum absolute atomic E-state index is 0. The van der Waals surface area contributed by atoms with Crippen molar-refractivity contribution in [2.45, 2.75) is 110 Å². The van der Waals surface area contributed by atoms with Crippen LogP contribution in [0.3, 0.4) is 0 Å². The summed E-state index contributed by atoms with van der Waals surface area (Å²) in [5.41, 5.74) is 1.48. The maximum absolute atomic E-state index is 2.43. The molecule has 0 saturated heterocycles. The van der Waals surface area contributed by atoms with Gasteiger partial charge >= 0.3 is 0 Å². The number of unbranched alkanes of at least 4 members (excludes halogenated alkanes) is 13. The van der Waals surface area contributed by atoms with Crippen LogP contribution in [-0.4, -0.2) is 24.6 Å². The van der Waals surface area contributed by atoms with Crippen LogP contribution in [0.5, 0.6) is 0 Å². The maximum atomic E-state index is 2.43. The van der Waals surface area contributed by atoms with Gasteiger partial charge in [0.2, 0.25) is 0 Å². The summed E-state index contributed by atoms with van der Waals surface area (Å²) in [6, 6.07) is 11.0. The lowest BCUT2D eigenvalue weighted by Gasteiger charge is -2.33. The lowest BCUT2D eigenvalue weighted by molar-refractivity contribution is -0.921. The molecular formula is C26H50BrClN+. The Morgan fingerprint density at radius 1 is 0.621 bits per heavy atom. The normalized spacial score (nSPS) is 12.7. The second-order valence-electron chi connectivity index (χ2n) is 8.90. The molecular weight excluding hydrogens is 442 g/mol. The van der Waals surface area contributed by atoms with Crippen molar-refractivity contribution in [2.24, 2.45) is 0 Å². The van der Waals surface area contributed by atoms with Crippen molar-refractivity contribution < 1.29 is 4.48 Å². The fourth-order valence-electron chi connectivity index (χ4n) is 4.06. The van der Waals surface area contributed by atoms with Crippen LogP contribution in [-0.2, 0) is 6.54 Å². The molecule has 1 atom stereocenters. The monoisotopic (exact) mass is 490 g/mol. The molecule has 0 bridgehead atoms. The molecule has 0 aromatic heterocycles. The summed E-state index contributed by atoms with van der Waals surface area (Å²) in [5, 5.41) is 0. The van der Waals surface area contributed by atoms with E-state index in [1.807, 2.05) is 0 Å². The highest BCUT2D eigenvalue weighted by Gasteiger charge is 2.18. The van der Waals surface area contributed by atoms with Gasteiger partial charge in [-0.3, -0.25) is 0 Å². The van der Waals surface area contributed by atoms with Crippen molar-refractivity contribution in [1.29, 1.82) is 0 Å². The molecule has 0 saturated carbocycles. The first-order chi connectivity index (χ1) is 13.2. The van der Waals surface area contributed by atoms with Crippen molar-refractivity contribution in [3.63, 3.8) is 0 Å². The number of rotatable bonds is 18. The summed E-state index contributed by atoms with van der Waals surface area (Å²) < 4.78 is 1.18. The second-order valence-corrected chi connectivity index (χ2v) is 8.90. The quantitative estimate of drug-likeness (QED) is 0.142. The Balaban J connectivity index is 0. The predicted octanol–water partition coefficient (Wildman–Crippen LogP) is 9.13. The van der Waals surface area contributed by atoms with Crippen LogP contribution < -0.4 is 0 Å². The SMILES string of the molecule is Br.CCCCCCCCCCCCCCCC[N+](C)(CC)Cc1ccccc1.Cl. The van der Waals surface area contributed by atoms with Gasteiger partial charge in [-0.2, -0.15) is 0 Å². The zero-order valence-electron chi connectivity index (χ0n) is 19.7. The summed E-state index contributed by atoms with van der Waals surface area (Å²) in [7, 11) is 2.43. The number of nitrogens with zero attached hydrogens (tertiary/aromatic N) is 1. The molecule has 172 valence electrons. The highest BCUT2D eigenvalue weighted by atomic mass is 79.9. The van der Waals surface area contributed by atoms with E-state index in [4.69, 9.17) is 0 Å². The van der Waals surface area contributed by atoms with Gasteiger partial charge in [-0.05, 0) is 19.8 Å². The first kappa shape index (κ1) is 31.1. The van der Waals surface area contributed by atoms with Crippen LogP contribution in [0, 0.1) is 0 Å². The van der Waals surface area contributed by atoms with E-state index >= 15 is 0 Å². The van der Waals surface area contributed by atoms with Gasteiger partial charge in [0.25, 0.3) is 0 Å². The summed E-state index contributed by atoms with van der Waals surface area (Å²) in [6.45, 7) is 8.37. The van der Waals surface area contributed by atoms with Gasteiger partial charge in [-0.15, -0.1) is 29.4 Å². The summed E-state index contributed by atoms with van der Waals surface area (Å²) >= 11 is 0. The van der Waals surface area contributed by atoms with Crippen LogP contribution >= 0.6 is 29.4 Å². The lowest BCUT2D eigenvalue weighted by Crippen LogP contribution is -2.43. The fraction of sp³-hybridized carbons (Fsp3) is 0.769. The van der Waals surface area contributed by atoms with E-state index in [0.29, 0.717) is 0 Å². The molecule has 1 rings (SSSR count). The smallest absolute Gasteiger partial charge is 0.104 e. The first-order valence-electron chi connectivity index (χ1n) is 12.1. The van der Waals surface area contributed by atoms with Crippen molar-refractivity contribution in [1.82, 2.24) is 0 Å². The molecule has 1 aromatic carbocycles. The van der Waals surface area contributed by atoms with Gasteiger partial charge in [0, 0.05) is 5.56 Å². The molecule has 0 aliphatic carbocycles. The number of halogens is 2. The Bertz CT molecular complexity index is 440. The van der Waals surface area contributed by atoms with Gasteiger partial charge in [-0.1, -0.05) is 114 Å². The van der Waals surface area contributed by atoms with Crippen LogP contribution in [0.15, 0.2) is 30.3 Å². The number of benzene rings is 1. The molecule has 0 amide bonds. The van der Waals surface area contributed by atoms with Crippen LogP contribution in [0.4, 0.5) is 0 Å². The van der Waals surface area contributed by atoms with Crippen molar-refractivity contribution >= 4 is 29.4 Å². The molecule has 0 N–H and O–H groups in total. The van der Waals surface area contributed by atoms with E-state index in [2.05, 4.69) is 51.2 Å². The van der Waals surface area contributed by atoms with Gasteiger partial charge in [0.05, 0.1) is 20.1 Å². The highest BCUT2D eigenvalue weighted by molar-refractivity contribution is 8.93. The Morgan fingerprint density at radius 2 is 1.03 bits per heavy atom. The zero-order chi connectivity index (χ0) is 19.6. The third kappa shape index (κ3) is 17.3. The first-order valence-corrected chi connectivity index (χ1v) is 12.1. The fourth-order valence-corrected chi connectivity index (χ4v) is 4.06. The summed E-state index contributed by atoms with van der Waals surface area (Å²) in [6.07, 6.45) is 20.2. The third-order valence-electron chi connectivity index (χ3n) is 6.22. The molecule has 0 radical (unpaired) electrons. The predicted molar refractivity (Wildman–Crippen MR) is 140 cm³/mol. The summed E-state index contributed by atoms with van der Waals surface area (Å²) in [5.74, 6) is 0. The van der Waals surface area contributed by atoms with Gasteiger partial charge in [0.1, 0.15) is 6.54 Å². The standard InChI is InChI=1S/C26H48N.BrH.ClH/c1-4-6-7-8-9-10-11-12-13-14-15-16-17-21-24-27(3,5-2)25-26-22-19-18-20-23-26;;/h18-20,22-23H,4-17,21,24-25H2,1-3H3;2*1H/q+1;;. The molecule has 29 heavy (non-hydrogen) atoms. The molecule has 0 heterocycles. The minimum atomic E-state index is 0.